The highest BCUT2D eigenvalue weighted by Gasteiger charge is 2.35. The van der Waals surface area contributed by atoms with Gasteiger partial charge in [0.1, 0.15) is 5.82 Å². The summed E-state index contributed by atoms with van der Waals surface area (Å²) < 4.78 is 23.3. The Morgan fingerprint density at radius 3 is 2.82 bits per heavy atom. The molecular formula is C19H22N4O4S. The Balaban J connectivity index is 1.56. The lowest BCUT2D eigenvalue weighted by molar-refractivity contribution is -0.133. The molecule has 0 aromatic carbocycles. The molecule has 4 rings (SSSR count). The van der Waals surface area contributed by atoms with Crippen LogP contribution in [0.25, 0.3) is 11.4 Å². The van der Waals surface area contributed by atoms with Gasteiger partial charge in [-0.2, -0.15) is 0 Å². The van der Waals surface area contributed by atoms with Crippen molar-refractivity contribution in [2.75, 3.05) is 18.1 Å². The second-order valence-corrected chi connectivity index (χ2v) is 9.68. The van der Waals surface area contributed by atoms with Gasteiger partial charge in [0.25, 0.3) is 5.56 Å². The van der Waals surface area contributed by atoms with Gasteiger partial charge in [0, 0.05) is 25.2 Å². The molecule has 8 nitrogen and oxygen atoms in total. The minimum atomic E-state index is -3.01. The normalized spacial score (nSPS) is 23.8. The van der Waals surface area contributed by atoms with E-state index in [1.165, 1.54) is 6.07 Å². The highest BCUT2D eigenvalue weighted by Crippen LogP contribution is 2.32. The summed E-state index contributed by atoms with van der Waals surface area (Å²) in [4.78, 5) is 38.3. The van der Waals surface area contributed by atoms with Crippen molar-refractivity contribution in [2.45, 2.75) is 31.7 Å². The predicted molar refractivity (Wildman–Crippen MR) is 103 cm³/mol. The van der Waals surface area contributed by atoms with Crippen LogP contribution in [0.15, 0.2) is 35.3 Å². The number of carbonyl (C=O) groups excluding carboxylic acids is 1. The number of nitrogens with one attached hydrogen (secondary N) is 1. The maximum absolute atomic E-state index is 12.8. The first-order valence-corrected chi connectivity index (χ1v) is 11.3. The Bertz CT molecular complexity index is 1040. The fourth-order valence-corrected chi connectivity index (χ4v) is 5.89. The maximum Gasteiger partial charge on any atom is 0.251 e. The van der Waals surface area contributed by atoms with Crippen molar-refractivity contribution in [3.63, 3.8) is 0 Å². The quantitative estimate of drug-likeness (QED) is 0.825. The van der Waals surface area contributed by atoms with Gasteiger partial charge >= 0.3 is 0 Å². The second-order valence-electron chi connectivity index (χ2n) is 7.45. The third-order valence-electron chi connectivity index (χ3n) is 5.37. The predicted octanol–water partition coefficient (Wildman–Crippen LogP) is 1.32. The number of H-pyrrole nitrogens is 1. The number of aromatic amines is 1. The van der Waals surface area contributed by atoms with Crippen LogP contribution in [-0.4, -0.2) is 52.2 Å². The third-order valence-corrected chi connectivity index (χ3v) is 7.20. The molecule has 0 radical (unpaired) electrons. The Morgan fingerprint density at radius 2 is 2.11 bits per heavy atom. The maximum atomic E-state index is 12.8. The van der Waals surface area contributed by atoms with E-state index in [1.54, 1.807) is 23.2 Å². The van der Waals surface area contributed by atoms with Crippen LogP contribution in [-0.2, 0) is 14.6 Å². The minimum absolute atomic E-state index is 0.0736. The first-order valence-electron chi connectivity index (χ1n) is 9.44. The zero-order valence-electron chi connectivity index (χ0n) is 15.4. The fourth-order valence-electron chi connectivity index (χ4n) is 4.03. The molecular weight excluding hydrogens is 380 g/mol. The van der Waals surface area contributed by atoms with E-state index in [0.717, 1.165) is 6.42 Å². The Labute approximate surface area is 162 Å². The van der Waals surface area contributed by atoms with Crippen LogP contribution in [0.1, 0.15) is 37.5 Å². The number of hydrogen-bond acceptors (Lipinski definition) is 6. The lowest BCUT2D eigenvalue weighted by atomic mass is 10.0. The summed E-state index contributed by atoms with van der Waals surface area (Å²) in [6.07, 6.45) is 3.93. The largest absolute Gasteiger partial charge is 0.333 e. The van der Waals surface area contributed by atoms with Gasteiger partial charge in [0.2, 0.25) is 5.91 Å². The molecule has 0 unspecified atom stereocenters. The topological polar surface area (TPSA) is 113 Å². The van der Waals surface area contributed by atoms with E-state index in [-0.39, 0.29) is 41.4 Å². The number of likely N-dealkylation sites (tertiary alicyclic amines) is 1. The lowest BCUT2D eigenvalue weighted by Crippen LogP contribution is -2.33. The molecule has 4 heterocycles. The van der Waals surface area contributed by atoms with Crippen LogP contribution in [0.3, 0.4) is 0 Å². The van der Waals surface area contributed by atoms with Crippen molar-refractivity contribution in [3.05, 3.63) is 46.6 Å². The molecule has 2 atom stereocenters. The number of amides is 1. The molecule has 0 aliphatic carbocycles. The lowest BCUT2D eigenvalue weighted by Gasteiger charge is -2.25. The van der Waals surface area contributed by atoms with E-state index >= 15 is 0 Å². The van der Waals surface area contributed by atoms with E-state index in [4.69, 9.17) is 0 Å². The molecule has 2 aromatic heterocycles. The molecule has 0 bridgehead atoms. The van der Waals surface area contributed by atoms with Gasteiger partial charge in [-0.05, 0) is 37.3 Å². The van der Waals surface area contributed by atoms with Gasteiger partial charge in [0.05, 0.1) is 28.9 Å². The van der Waals surface area contributed by atoms with Crippen LogP contribution in [0.2, 0.25) is 0 Å². The summed E-state index contributed by atoms with van der Waals surface area (Å²) in [7, 11) is -3.01. The number of sulfone groups is 1. The molecule has 0 spiro atoms. The minimum Gasteiger partial charge on any atom is -0.333 e. The third kappa shape index (κ3) is 3.99. The standard InChI is InChI=1S/C19H22N4O4S/c24-17-11-15(14-4-1-2-7-20-14)21-19(22-17)16-5-3-8-23(16)18(25)10-13-6-9-28(26,27)12-13/h1-2,4,7,11,13,16H,3,5-6,8-10,12H2,(H,21,22,24)/t13-,16+/m0/s1. The number of hydrogen-bond donors (Lipinski definition) is 1. The van der Waals surface area contributed by atoms with Crippen molar-refractivity contribution < 1.29 is 13.2 Å². The van der Waals surface area contributed by atoms with Gasteiger partial charge in [0.15, 0.2) is 9.84 Å². The zero-order chi connectivity index (χ0) is 19.7. The van der Waals surface area contributed by atoms with Gasteiger partial charge in [-0.1, -0.05) is 6.07 Å². The Kier molecular flexibility index (Phi) is 5.01. The molecule has 148 valence electrons. The SMILES string of the molecule is O=C(C[C@@H]1CCS(=O)(=O)C1)N1CCC[C@@H]1c1nc(-c2ccccn2)cc(=O)[nH]1. The number of nitrogens with zero attached hydrogens (tertiary/aromatic N) is 3. The van der Waals surface area contributed by atoms with Crippen molar-refractivity contribution in [3.8, 4) is 11.4 Å². The van der Waals surface area contributed by atoms with Crippen LogP contribution in [0.4, 0.5) is 0 Å². The number of carbonyl (C=O) groups is 1. The van der Waals surface area contributed by atoms with E-state index in [2.05, 4.69) is 15.0 Å². The second kappa shape index (κ2) is 7.46. The van der Waals surface area contributed by atoms with Crippen molar-refractivity contribution in [2.24, 2.45) is 5.92 Å². The molecule has 9 heteroatoms. The first kappa shape index (κ1) is 18.8. The number of rotatable bonds is 4. The average Bonchev–Trinajstić information content (AvgIpc) is 3.28. The van der Waals surface area contributed by atoms with Gasteiger partial charge < -0.3 is 9.88 Å². The monoisotopic (exact) mass is 402 g/mol. The summed E-state index contributed by atoms with van der Waals surface area (Å²) in [6, 6.07) is 6.49. The summed E-state index contributed by atoms with van der Waals surface area (Å²) in [6.45, 7) is 0.584. The smallest absolute Gasteiger partial charge is 0.251 e. The summed E-state index contributed by atoms with van der Waals surface area (Å²) in [5.41, 5.74) is 0.786. The molecule has 2 aliphatic rings. The highest BCUT2D eigenvalue weighted by atomic mass is 32.2. The van der Waals surface area contributed by atoms with Crippen molar-refractivity contribution >= 4 is 15.7 Å². The fraction of sp³-hybridized carbons (Fsp3) is 0.474. The first-order chi connectivity index (χ1) is 13.4. The number of pyridine rings is 1. The molecule has 28 heavy (non-hydrogen) atoms. The van der Waals surface area contributed by atoms with E-state index in [9.17, 15) is 18.0 Å². The van der Waals surface area contributed by atoms with Crippen LogP contribution in [0, 0.1) is 5.92 Å². The van der Waals surface area contributed by atoms with Crippen LogP contribution >= 0.6 is 0 Å². The highest BCUT2D eigenvalue weighted by molar-refractivity contribution is 7.91. The molecule has 2 aromatic rings. The molecule has 2 saturated heterocycles. The Hall–Kier alpha value is -2.55. The molecule has 2 fully saturated rings. The van der Waals surface area contributed by atoms with E-state index in [1.807, 2.05) is 6.07 Å². The van der Waals surface area contributed by atoms with Crippen LogP contribution < -0.4 is 5.56 Å². The van der Waals surface area contributed by atoms with Crippen molar-refractivity contribution in [1.29, 1.82) is 0 Å². The Morgan fingerprint density at radius 1 is 1.25 bits per heavy atom. The number of aromatic nitrogens is 3. The zero-order valence-corrected chi connectivity index (χ0v) is 16.2. The molecule has 2 aliphatic heterocycles. The van der Waals surface area contributed by atoms with Crippen molar-refractivity contribution in [1.82, 2.24) is 19.9 Å². The van der Waals surface area contributed by atoms with E-state index in [0.29, 0.717) is 36.6 Å². The molecule has 1 amide bonds. The van der Waals surface area contributed by atoms with Gasteiger partial charge in [-0.3, -0.25) is 14.6 Å². The average molecular weight is 402 g/mol. The summed E-state index contributed by atoms with van der Waals surface area (Å²) >= 11 is 0. The molecule has 1 N–H and O–H groups in total. The van der Waals surface area contributed by atoms with E-state index < -0.39 is 9.84 Å². The summed E-state index contributed by atoms with van der Waals surface area (Å²) in [5, 5.41) is 0. The summed E-state index contributed by atoms with van der Waals surface area (Å²) in [5.74, 6) is 0.510. The van der Waals surface area contributed by atoms with Gasteiger partial charge in [-0.15, -0.1) is 0 Å². The molecule has 0 saturated carbocycles. The van der Waals surface area contributed by atoms with Crippen LogP contribution in [0.5, 0.6) is 0 Å². The van der Waals surface area contributed by atoms with Gasteiger partial charge in [-0.25, -0.2) is 13.4 Å².